The lowest BCUT2D eigenvalue weighted by atomic mass is 9.33. The normalized spacial score (nSPS) is 22.5. The number of anilines is 8. The van der Waals surface area contributed by atoms with Crippen molar-refractivity contribution < 1.29 is 8.83 Å². The van der Waals surface area contributed by atoms with Gasteiger partial charge in [-0.15, -0.1) is 0 Å². The van der Waals surface area contributed by atoms with Gasteiger partial charge in [0.05, 0.1) is 11.2 Å². The predicted molar refractivity (Wildman–Crippen MR) is 347 cm³/mol. The molecule has 2 aromatic heterocycles. The van der Waals surface area contributed by atoms with E-state index in [0.717, 1.165) is 87.4 Å². The minimum atomic E-state index is -0.198. The quantitative estimate of drug-likeness (QED) is 0.165. The first-order chi connectivity index (χ1) is 39.0. The topological polar surface area (TPSA) is 36.0 Å². The van der Waals surface area contributed by atoms with Gasteiger partial charge in [0, 0.05) is 66.8 Å². The molecule has 5 nitrogen and oxygen atoms in total. The van der Waals surface area contributed by atoms with E-state index in [1.807, 2.05) is 0 Å². The molecular formula is C76H78BN3O2. The number of rotatable bonds is 3. The number of hydrogen-bond donors (Lipinski definition) is 0. The summed E-state index contributed by atoms with van der Waals surface area (Å²) >= 11 is 0. The van der Waals surface area contributed by atoms with E-state index in [-0.39, 0.29) is 44.7 Å². The monoisotopic (exact) mass is 1080 g/mol. The zero-order valence-corrected chi connectivity index (χ0v) is 50.7. The molecule has 3 aliphatic heterocycles. The number of furan rings is 2. The fourth-order valence-electron chi connectivity index (χ4n) is 17.2. The highest BCUT2D eigenvalue weighted by molar-refractivity contribution is 7.00. The number of nitrogens with zero attached hydrogens (tertiary/aromatic N) is 3. The van der Waals surface area contributed by atoms with Crippen molar-refractivity contribution in [2.45, 2.75) is 179 Å². The molecule has 0 spiro atoms. The molecule has 5 heterocycles. The molecule has 1 saturated carbocycles. The van der Waals surface area contributed by atoms with Gasteiger partial charge in [0.1, 0.15) is 16.7 Å². The van der Waals surface area contributed by atoms with Gasteiger partial charge in [-0.05, 0) is 189 Å². The van der Waals surface area contributed by atoms with Crippen LogP contribution in [0.1, 0.15) is 175 Å². The molecule has 6 aliphatic rings. The molecule has 6 heteroatoms. The van der Waals surface area contributed by atoms with Gasteiger partial charge in [-0.1, -0.05) is 169 Å². The summed E-state index contributed by atoms with van der Waals surface area (Å²) < 4.78 is 14.2. The van der Waals surface area contributed by atoms with Crippen LogP contribution in [0.2, 0.25) is 0 Å². The van der Waals surface area contributed by atoms with Crippen LogP contribution >= 0.6 is 0 Å². The average Bonchev–Trinajstić information content (AvgIpc) is 1.54. The molecule has 0 radical (unpaired) electrons. The van der Waals surface area contributed by atoms with Gasteiger partial charge in [-0.2, -0.15) is 0 Å². The van der Waals surface area contributed by atoms with Gasteiger partial charge in [-0.25, -0.2) is 0 Å². The highest BCUT2D eigenvalue weighted by Gasteiger charge is 2.59. The summed E-state index contributed by atoms with van der Waals surface area (Å²) in [5.41, 5.74) is 25.8. The van der Waals surface area contributed by atoms with Crippen molar-refractivity contribution in [1.82, 2.24) is 0 Å². The van der Waals surface area contributed by atoms with Crippen LogP contribution in [0.25, 0.3) is 43.9 Å². The van der Waals surface area contributed by atoms with Gasteiger partial charge in [0.25, 0.3) is 6.71 Å². The van der Waals surface area contributed by atoms with E-state index in [1.54, 1.807) is 0 Å². The minimum Gasteiger partial charge on any atom is -0.456 e. The molecule has 82 heavy (non-hydrogen) atoms. The molecule has 1 fully saturated rings. The van der Waals surface area contributed by atoms with Gasteiger partial charge in [-0.3, -0.25) is 0 Å². The van der Waals surface area contributed by atoms with Crippen LogP contribution in [-0.2, 0) is 32.5 Å². The Labute approximate surface area is 485 Å². The lowest BCUT2D eigenvalue weighted by molar-refractivity contribution is 0.195. The molecule has 2 unspecified atom stereocenters. The molecule has 0 amide bonds. The molecule has 0 N–H and O–H groups in total. The van der Waals surface area contributed by atoms with Crippen molar-refractivity contribution in [3.63, 3.8) is 0 Å². The van der Waals surface area contributed by atoms with Gasteiger partial charge in [0.2, 0.25) is 0 Å². The number of hydrogen-bond acceptors (Lipinski definition) is 5. The van der Waals surface area contributed by atoms with Crippen LogP contribution in [0.3, 0.4) is 0 Å². The maximum atomic E-state index is 7.18. The fourth-order valence-corrected chi connectivity index (χ4v) is 17.2. The molecule has 0 saturated heterocycles. The van der Waals surface area contributed by atoms with Crippen LogP contribution in [0.5, 0.6) is 0 Å². The van der Waals surface area contributed by atoms with Crippen molar-refractivity contribution in [2.75, 3.05) is 14.7 Å². The number of para-hydroxylation sites is 3. The summed E-state index contributed by atoms with van der Waals surface area (Å²) in [5.74, 6) is 0. The summed E-state index contributed by atoms with van der Waals surface area (Å²) in [6, 6.07) is 54.7. The van der Waals surface area contributed by atoms with E-state index in [0.29, 0.717) is 0 Å². The lowest BCUT2D eigenvalue weighted by Crippen LogP contribution is -2.62. The third-order valence-electron chi connectivity index (χ3n) is 22.5. The van der Waals surface area contributed by atoms with E-state index < -0.39 is 0 Å². The van der Waals surface area contributed by atoms with E-state index in [4.69, 9.17) is 8.83 Å². The summed E-state index contributed by atoms with van der Waals surface area (Å²) in [4.78, 5) is 8.21. The van der Waals surface area contributed by atoms with Crippen LogP contribution in [-0.4, -0.2) is 12.3 Å². The number of fused-ring (bicyclic) bond motifs is 15. The molecule has 8 aromatic carbocycles. The van der Waals surface area contributed by atoms with E-state index in [9.17, 15) is 0 Å². The highest BCUT2D eigenvalue weighted by atomic mass is 16.3. The maximum Gasteiger partial charge on any atom is 0.252 e. The third-order valence-corrected chi connectivity index (χ3v) is 22.5. The second-order valence-electron chi connectivity index (χ2n) is 30.1. The zero-order valence-electron chi connectivity index (χ0n) is 50.7. The average molecular weight is 1080 g/mol. The third kappa shape index (κ3) is 6.70. The Morgan fingerprint density at radius 2 is 0.988 bits per heavy atom. The molecule has 10 aromatic rings. The van der Waals surface area contributed by atoms with Crippen molar-refractivity contribution in [1.29, 1.82) is 0 Å². The Balaban J connectivity index is 1.08. The molecule has 2 atom stereocenters. The smallest absolute Gasteiger partial charge is 0.252 e. The highest BCUT2D eigenvalue weighted by Crippen LogP contribution is 2.63. The molecular weight excluding hydrogens is 998 g/mol. The molecule has 3 aliphatic carbocycles. The molecule has 16 rings (SSSR count). The largest absolute Gasteiger partial charge is 0.456 e. The van der Waals surface area contributed by atoms with Crippen molar-refractivity contribution in [2.24, 2.45) is 0 Å². The Bertz CT molecular complexity index is 4430. The van der Waals surface area contributed by atoms with Gasteiger partial charge in [0.15, 0.2) is 5.58 Å². The fraction of sp³-hybridized carbons (Fsp3) is 0.368. The summed E-state index contributed by atoms with van der Waals surface area (Å²) in [5, 5.41) is 4.49. The SMILES string of the molecule is CC(C)(C)c1ccc2c(c1)C1(C)CCCCC1(C)N2c1cc2c3c(c1)N(c1cccc4c1oc1ccccc14)c1cc4c(cc1B3c1cc3c(cc1N2c1ccc2c(c1)C(C)(C)CCC2(C)C)C(C)(C)CCC3(C)C)oc1ccccc14. The Morgan fingerprint density at radius 1 is 0.402 bits per heavy atom. The Kier molecular flexibility index (Phi) is 10.1. The second-order valence-corrected chi connectivity index (χ2v) is 30.1. The van der Waals surface area contributed by atoms with Crippen LogP contribution < -0.4 is 31.1 Å². The van der Waals surface area contributed by atoms with Crippen LogP contribution in [0, 0.1) is 0 Å². The summed E-state index contributed by atoms with van der Waals surface area (Å²) in [7, 11) is 0. The van der Waals surface area contributed by atoms with E-state index >= 15 is 0 Å². The minimum absolute atomic E-state index is 0.00924. The predicted octanol–water partition coefficient (Wildman–Crippen LogP) is 19.3. The Morgan fingerprint density at radius 3 is 1.70 bits per heavy atom. The van der Waals surface area contributed by atoms with Gasteiger partial charge >= 0.3 is 0 Å². The summed E-state index contributed by atoms with van der Waals surface area (Å²) in [6.45, 7) is 32.1. The first-order valence-electron chi connectivity index (χ1n) is 30.9. The zero-order chi connectivity index (χ0) is 56.6. The van der Waals surface area contributed by atoms with Crippen molar-refractivity contribution in [3.05, 3.63) is 173 Å². The van der Waals surface area contributed by atoms with Crippen molar-refractivity contribution >= 4 is 112 Å². The van der Waals surface area contributed by atoms with E-state index in [1.165, 1.54) is 103 Å². The van der Waals surface area contributed by atoms with E-state index in [2.05, 4.69) is 244 Å². The number of benzene rings is 8. The standard InChI is InChI=1S/C76H78BN3O2/c1-70(2,3)45-27-30-59-56(37-45)75(12)31-18-19-32-76(75,13)80(59)47-39-63-68-64(40-47)79(60-24-20-23-50-48-21-14-17-26-66(48)82-69(50)60)61-41-51-49-22-15-16-25-65(49)81-67(51)44-58(61)77(68)57-42-54-55(74(10,11)36-35-73(54,8)9)43-62(57)78(63)46-28-29-52-53(38-46)72(6,7)34-33-71(52,4)5/h14-17,20-30,37-44H,18-19,31-36H2,1-13H3. The Hall–Kier alpha value is -7.18. The molecule has 412 valence electrons. The van der Waals surface area contributed by atoms with Gasteiger partial charge < -0.3 is 23.5 Å². The van der Waals surface area contributed by atoms with Crippen LogP contribution in [0.4, 0.5) is 45.5 Å². The summed E-state index contributed by atoms with van der Waals surface area (Å²) in [6.07, 6.45) is 9.28. The van der Waals surface area contributed by atoms with Crippen molar-refractivity contribution in [3.8, 4) is 0 Å². The maximum absolute atomic E-state index is 7.18. The first kappa shape index (κ1) is 50.5. The second kappa shape index (κ2) is 16.3. The lowest BCUT2D eigenvalue weighted by Gasteiger charge is -2.51. The molecule has 0 bridgehead atoms. The van der Waals surface area contributed by atoms with Crippen LogP contribution in [0.15, 0.2) is 148 Å². The first-order valence-corrected chi connectivity index (χ1v) is 30.9.